The van der Waals surface area contributed by atoms with Gasteiger partial charge in [-0.1, -0.05) is 12.1 Å². The van der Waals surface area contributed by atoms with Crippen LogP contribution in [0.15, 0.2) is 28.9 Å². The number of hydrogen-bond acceptors (Lipinski definition) is 3. The molecule has 0 heterocycles. The van der Waals surface area contributed by atoms with E-state index >= 15 is 0 Å². The van der Waals surface area contributed by atoms with E-state index in [1.54, 1.807) is 20.9 Å². The molecule has 18 heavy (non-hydrogen) atoms. The molecule has 0 saturated carbocycles. The van der Waals surface area contributed by atoms with Crippen LogP contribution in [0.5, 0.6) is 0 Å². The number of aliphatic imine (C=N–C) groups is 1. The van der Waals surface area contributed by atoms with Crippen LogP contribution in [-0.4, -0.2) is 23.8 Å². The van der Waals surface area contributed by atoms with Crippen molar-refractivity contribution >= 4 is 17.3 Å². The molecule has 0 atom stereocenters. The van der Waals surface area contributed by atoms with E-state index < -0.39 is 11.8 Å². The van der Waals surface area contributed by atoms with Gasteiger partial charge in [0.25, 0.3) is 0 Å². The van der Waals surface area contributed by atoms with Crippen LogP contribution in [0, 0.1) is 5.82 Å². The Bertz CT molecular complexity index is 544. The normalized spacial score (nSPS) is 13.2. The predicted octanol–water partition coefficient (Wildman–Crippen LogP) is 2.30. The van der Waals surface area contributed by atoms with Crippen molar-refractivity contribution in [2.45, 2.75) is 13.8 Å². The number of halogens is 1. The molecule has 0 aromatic heterocycles. The number of rotatable bonds is 3. The van der Waals surface area contributed by atoms with E-state index in [4.69, 9.17) is 10.8 Å². The SMILES string of the molecule is CN=C(C)/C(=C(/C)N)c1cccc(C(=O)O)c1F. The number of benzene rings is 1. The highest BCUT2D eigenvalue weighted by Crippen LogP contribution is 2.24. The lowest BCUT2D eigenvalue weighted by atomic mass is 9.97. The highest BCUT2D eigenvalue weighted by molar-refractivity contribution is 6.23. The van der Waals surface area contributed by atoms with E-state index in [2.05, 4.69) is 4.99 Å². The summed E-state index contributed by atoms with van der Waals surface area (Å²) < 4.78 is 14.1. The predicted molar refractivity (Wildman–Crippen MR) is 69.2 cm³/mol. The second-order valence-electron chi connectivity index (χ2n) is 3.84. The Balaban J connectivity index is 3.55. The van der Waals surface area contributed by atoms with Gasteiger partial charge in [-0.25, -0.2) is 9.18 Å². The second kappa shape index (κ2) is 5.44. The summed E-state index contributed by atoms with van der Waals surface area (Å²) in [7, 11) is 1.57. The van der Waals surface area contributed by atoms with Crippen LogP contribution in [0.3, 0.4) is 0 Å². The minimum absolute atomic E-state index is 0.151. The first-order valence-electron chi connectivity index (χ1n) is 5.32. The number of carboxylic acids is 1. The summed E-state index contributed by atoms with van der Waals surface area (Å²) in [5.41, 5.74) is 6.87. The molecular weight excluding hydrogens is 235 g/mol. The monoisotopic (exact) mass is 250 g/mol. The number of allylic oxidation sites excluding steroid dienone is 2. The molecule has 1 rings (SSSR count). The van der Waals surface area contributed by atoms with Gasteiger partial charge in [0.1, 0.15) is 5.82 Å². The average molecular weight is 250 g/mol. The third kappa shape index (κ3) is 2.56. The fraction of sp³-hybridized carbons (Fsp3) is 0.231. The van der Waals surface area contributed by atoms with Crippen LogP contribution in [0.1, 0.15) is 29.8 Å². The first kappa shape index (κ1) is 13.9. The lowest BCUT2D eigenvalue weighted by molar-refractivity contribution is 0.0692. The van der Waals surface area contributed by atoms with Crippen LogP contribution in [-0.2, 0) is 0 Å². The molecular formula is C13H15FN2O2. The Hall–Kier alpha value is -2.17. The summed E-state index contributed by atoms with van der Waals surface area (Å²) >= 11 is 0. The van der Waals surface area contributed by atoms with E-state index in [0.717, 1.165) is 0 Å². The molecule has 0 amide bonds. The molecule has 0 spiro atoms. The fourth-order valence-electron chi connectivity index (χ4n) is 1.69. The van der Waals surface area contributed by atoms with Crippen LogP contribution in [0.4, 0.5) is 4.39 Å². The van der Waals surface area contributed by atoms with E-state index in [0.29, 0.717) is 17.0 Å². The summed E-state index contributed by atoms with van der Waals surface area (Å²) in [4.78, 5) is 14.9. The van der Waals surface area contributed by atoms with Gasteiger partial charge < -0.3 is 10.8 Å². The van der Waals surface area contributed by atoms with E-state index in [1.165, 1.54) is 18.2 Å². The number of aromatic carboxylic acids is 1. The average Bonchev–Trinajstić information content (AvgIpc) is 2.30. The molecule has 0 radical (unpaired) electrons. The molecule has 96 valence electrons. The van der Waals surface area contributed by atoms with Gasteiger partial charge in [0.15, 0.2) is 0 Å². The first-order valence-corrected chi connectivity index (χ1v) is 5.32. The van der Waals surface area contributed by atoms with Crippen molar-refractivity contribution in [1.29, 1.82) is 0 Å². The van der Waals surface area contributed by atoms with E-state index in [1.807, 2.05) is 0 Å². The third-order valence-electron chi connectivity index (χ3n) is 2.59. The largest absolute Gasteiger partial charge is 0.478 e. The maximum atomic E-state index is 14.1. The summed E-state index contributed by atoms with van der Waals surface area (Å²) in [5.74, 6) is -2.11. The van der Waals surface area contributed by atoms with Crippen molar-refractivity contribution in [3.63, 3.8) is 0 Å². The molecule has 3 N–H and O–H groups in total. The van der Waals surface area contributed by atoms with Gasteiger partial charge in [-0.05, 0) is 19.9 Å². The van der Waals surface area contributed by atoms with Crippen molar-refractivity contribution in [2.75, 3.05) is 7.05 Å². The molecule has 0 unspecified atom stereocenters. The zero-order valence-corrected chi connectivity index (χ0v) is 10.5. The van der Waals surface area contributed by atoms with Gasteiger partial charge in [0.2, 0.25) is 0 Å². The molecule has 1 aromatic carbocycles. The number of nitrogens with two attached hydrogens (primary N) is 1. The second-order valence-corrected chi connectivity index (χ2v) is 3.84. The maximum Gasteiger partial charge on any atom is 0.338 e. The zero-order chi connectivity index (χ0) is 13.9. The molecule has 0 fully saturated rings. The lowest BCUT2D eigenvalue weighted by Crippen LogP contribution is -2.10. The van der Waals surface area contributed by atoms with E-state index in [9.17, 15) is 9.18 Å². The first-order chi connectivity index (χ1) is 8.40. The number of carboxylic acid groups (broad SMARTS) is 1. The van der Waals surface area contributed by atoms with Crippen LogP contribution in [0.25, 0.3) is 5.57 Å². The van der Waals surface area contributed by atoms with Gasteiger partial charge >= 0.3 is 5.97 Å². The smallest absolute Gasteiger partial charge is 0.338 e. The highest BCUT2D eigenvalue weighted by atomic mass is 19.1. The zero-order valence-electron chi connectivity index (χ0n) is 10.5. The van der Waals surface area contributed by atoms with Gasteiger partial charge in [-0.15, -0.1) is 0 Å². The number of nitrogens with zero attached hydrogens (tertiary/aromatic N) is 1. The topological polar surface area (TPSA) is 75.7 Å². The number of hydrogen-bond donors (Lipinski definition) is 2. The molecule has 1 aromatic rings. The summed E-state index contributed by atoms with van der Waals surface area (Å²) in [6.45, 7) is 3.31. The molecule has 0 aliphatic heterocycles. The van der Waals surface area contributed by atoms with Crippen LogP contribution >= 0.6 is 0 Å². The van der Waals surface area contributed by atoms with Gasteiger partial charge in [0.05, 0.1) is 5.56 Å². The van der Waals surface area contributed by atoms with Crippen molar-refractivity contribution in [1.82, 2.24) is 0 Å². The van der Waals surface area contributed by atoms with Crippen molar-refractivity contribution < 1.29 is 14.3 Å². The van der Waals surface area contributed by atoms with Crippen molar-refractivity contribution in [2.24, 2.45) is 10.7 Å². The summed E-state index contributed by atoms with van der Waals surface area (Å²) in [5, 5.41) is 8.89. The maximum absolute atomic E-state index is 14.1. The molecule has 0 aliphatic carbocycles. The van der Waals surface area contributed by atoms with Crippen LogP contribution < -0.4 is 5.73 Å². The Morgan fingerprint density at radius 1 is 1.33 bits per heavy atom. The van der Waals surface area contributed by atoms with Crippen molar-refractivity contribution in [3.8, 4) is 0 Å². The molecule has 0 bridgehead atoms. The Labute approximate surface area is 105 Å². The summed E-state index contributed by atoms with van der Waals surface area (Å²) in [6, 6.07) is 4.18. The molecule has 4 nitrogen and oxygen atoms in total. The van der Waals surface area contributed by atoms with Crippen LogP contribution in [0.2, 0.25) is 0 Å². The highest BCUT2D eigenvalue weighted by Gasteiger charge is 2.18. The van der Waals surface area contributed by atoms with Gasteiger partial charge in [-0.3, -0.25) is 4.99 Å². The Morgan fingerprint density at radius 3 is 2.33 bits per heavy atom. The minimum Gasteiger partial charge on any atom is -0.478 e. The van der Waals surface area contributed by atoms with Crippen molar-refractivity contribution in [3.05, 3.63) is 40.8 Å². The molecule has 0 aliphatic rings. The van der Waals surface area contributed by atoms with E-state index in [-0.39, 0.29) is 11.1 Å². The third-order valence-corrected chi connectivity index (χ3v) is 2.59. The number of carbonyl (C=O) groups is 1. The fourth-order valence-corrected chi connectivity index (χ4v) is 1.69. The quantitative estimate of drug-likeness (QED) is 0.808. The van der Waals surface area contributed by atoms with Gasteiger partial charge in [0, 0.05) is 29.6 Å². The molecule has 0 saturated heterocycles. The summed E-state index contributed by atoms with van der Waals surface area (Å²) in [6.07, 6.45) is 0. The molecule has 5 heteroatoms. The minimum atomic E-state index is -1.31. The standard InChI is InChI=1S/C13H15FN2O2/c1-7(15)11(8(2)16-3)9-5-4-6-10(12(9)14)13(17)18/h4-6H,15H2,1-3H3,(H,17,18)/b11-7+,16-8?. The van der Waals surface area contributed by atoms with Gasteiger partial charge in [-0.2, -0.15) is 0 Å². The lowest BCUT2D eigenvalue weighted by Gasteiger charge is -2.12. The Kier molecular flexibility index (Phi) is 4.20. The Morgan fingerprint density at radius 2 is 1.89 bits per heavy atom.